The number of halogens is 2. The maximum Gasteiger partial charge on any atom is 0.318 e. The van der Waals surface area contributed by atoms with Crippen LogP contribution in [0.25, 0.3) is 10.8 Å². The number of likely N-dealkylation sites (N-methyl/N-ethyl adjacent to an activating group) is 1. The number of amides is 1. The summed E-state index contributed by atoms with van der Waals surface area (Å²) in [4.78, 5) is 30.2. The van der Waals surface area contributed by atoms with Crippen molar-refractivity contribution in [2.75, 3.05) is 69.8 Å². The lowest BCUT2D eigenvalue weighted by Crippen LogP contribution is -2.49. The van der Waals surface area contributed by atoms with Crippen LogP contribution in [0.1, 0.15) is 17.7 Å². The van der Waals surface area contributed by atoms with Crippen molar-refractivity contribution in [1.82, 2.24) is 19.8 Å². The van der Waals surface area contributed by atoms with Gasteiger partial charge in [0, 0.05) is 69.1 Å². The zero-order valence-electron chi connectivity index (χ0n) is 24.1. The molecule has 1 amide bonds. The molecule has 1 aromatic heterocycles. The number of likely N-dealkylation sites (tertiary alicyclic amines) is 1. The number of methoxy groups -OCH3 is 1. The summed E-state index contributed by atoms with van der Waals surface area (Å²) in [5.41, 5.74) is 3.07. The quantitative estimate of drug-likeness (QED) is 0.379. The minimum atomic E-state index is -0.931. The second kappa shape index (κ2) is 12.0. The third-order valence-electron chi connectivity index (χ3n) is 8.68. The van der Waals surface area contributed by atoms with E-state index in [1.807, 2.05) is 12.1 Å². The molecule has 222 valence electrons. The van der Waals surface area contributed by atoms with Crippen LogP contribution in [0, 0.1) is 0 Å². The highest BCUT2D eigenvalue weighted by Crippen LogP contribution is 2.37. The highest BCUT2D eigenvalue weighted by atomic mass is 35.5. The molecule has 3 aliphatic heterocycles. The second-order valence-corrected chi connectivity index (χ2v) is 11.6. The fraction of sp³-hybridized carbons (Fsp3) is 0.452. The number of piperazine rings is 1. The molecule has 0 aliphatic carbocycles. The molecule has 3 aromatic rings. The topological polar surface area (TPSA) is 74.3 Å². The fourth-order valence-electron chi connectivity index (χ4n) is 6.32. The monoisotopic (exact) mass is 594 g/mol. The number of anilines is 2. The Morgan fingerprint density at radius 3 is 2.57 bits per heavy atom. The minimum Gasteiger partial charge on any atom is -0.462 e. The molecule has 9 nitrogen and oxygen atoms in total. The van der Waals surface area contributed by atoms with E-state index in [0.717, 1.165) is 64.5 Å². The number of benzene rings is 2. The first-order valence-corrected chi connectivity index (χ1v) is 14.8. The predicted octanol–water partition coefficient (Wildman–Crippen LogP) is 4.08. The van der Waals surface area contributed by atoms with Crippen LogP contribution in [0.5, 0.6) is 6.01 Å². The number of aromatic nitrogens is 2. The van der Waals surface area contributed by atoms with Crippen LogP contribution in [-0.4, -0.2) is 97.9 Å². The Balaban J connectivity index is 1.29. The summed E-state index contributed by atoms with van der Waals surface area (Å²) in [7, 11) is 3.82. The number of hydrogen-bond acceptors (Lipinski definition) is 8. The van der Waals surface area contributed by atoms with Gasteiger partial charge in [-0.25, -0.2) is 4.39 Å². The summed E-state index contributed by atoms with van der Waals surface area (Å²) in [5, 5.41) is 2.85. The van der Waals surface area contributed by atoms with Crippen molar-refractivity contribution in [3.05, 3.63) is 65.1 Å². The average molecular weight is 595 g/mol. The van der Waals surface area contributed by atoms with Gasteiger partial charge in [-0.05, 0) is 37.4 Å². The van der Waals surface area contributed by atoms with Crippen molar-refractivity contribution in [2.24, 2.45) is 0 Å². The Bertz CT molecular complexity index is 1490. The van der Waals surface area contributed by atoms with Crippen molar-refractivity contribution in [3.8, 4) is 6.01 Å². The third-order valence-corrected chi connectivity index (χ3v) is 9.00. The van der Waals surface area contributed by atoms with Crippen LogP contribution < -0.4 is 14.5 Å². The Morgan fingerprint density at radius 1 is 1.10 bits per heavy atom. The van der Waals surface area contributed by atoms with Crippen LogP contribution in [-0.2, 0) is 22.5 Å². The number of rotatable bonds is 7. The Labute approximate surface area is 250 Å². The lowest BCUT2D eigenvalue weighted by atomic mass is 10.0. The summed E-state index contributed by atoms with van der Waals surface area (Å²) < 4.78 is 25.3. The molecule has 11 heteroatoms. The van der Waals surface area contributed by atoms with E-state index in [1.165, 1.54) is 4.90 Å². The van der Waals surface area contributed by atoms with Crippen LogP contribution in [0.3, 0.4) is 0 Å². The molecular formula is C31H36ClFN6O3. The number of carbonyl (C=O) groups is 1. The fourth-order valence-corrected chi connectivity index (χ4v) is 6.60. The zero-order chi connectivity index (χ0) is 29.4. The summed E-state index contributed by atoms with van der Waals surface area (Å²) in [5.74, 6) is -0.756. The highest BCUT2D eigenvalue weighted by molar-refractivity contribution is 6.36. The average Bonchev–Trinajstić information content (AvgIpc) is 3.38. The van der Waals surface area contributed by atoms with Crippen LogP contribution in [0.15, 0.2) is 48.8 Å². The number of ether oxygens (including phenoxy) is 2. The molecule has 0 bridgehead atoms. The normalized spacial score (nSPS) is 21.1. The van der Waals surface area contributed by atoms with Gasteiger partial charge in [0.1, 0.15) is 12.4 Å². The highest BCUT2D eigenvalue weighted by Gasteiger charge is 2.32. The van der Waals surface area contributed by atoms with Crippen molar-refractivity contribution in [2.45, 2.75) is 31.5 Å². The molecule has 2 fully saturated rings. The van der Waals surface area contributed by atoms with Crippen LogP contribution in [0.4, 0.5) is 15.9 Å². The smallest absolute Gasteiger partial charge is 0.318 e. The van der Waals surface area contributed by atoms with Gasteiger partial charge in [0.05, 0.1) is 23.4 Å². The lowest BCUT2D eigenvalue weighted by Gasteiger charge is -2.38. The van der Waals surface area contributed by atoms with E-state index in [4.69, 9.17) is 31.0 Å². The van der Waals surface area contributed by atoms with Crippen molar-refractivity contribution < 1.29 is 18.7 Å². The van der Waals surface area contributed by atoms with Crippen molar-refractivity contribution in [3.63, 3.8) is 0 Å². The number of nitrogens with zero attached hydrogens (tertiary/aromatic N) is 6. The van der Waals surface area contributed by atoms with E-state index in [9.17, 15) is 9.18 Å². The van der Waals surface area contributed by atoms with Gasteiger partial charge in [0.15, 0.2) is 5.83 Å². The molecule has 4 heterocycles. The summed E-state index contributed by atoms with van der Waals surface area (Å²) in [6.45, 7) is 7.69. The van der Waals surface area contributed by atoms with Gasteiger partial charge in [-0.1, -0.05) is 42.4 Å². The van der Waals surface area contributed by atoms with Crippen molar-refractivity contribution in [1.29, 1.82) is 0 Å². The Hall–Kier alpha value is -3.47. The van der Waals surface area contributed by atoms with E-state index < -0.39 is 11.7 Å². The third kappa shape index (κ3) is 5.63. The maximum atomic E-state index is 13.5. The molecule has 2 atom stereocenters. The number of fused-ring (bicyclic) bond motifs is 2. The van der Waals surface area contributed by atoms with Crippen molar-refractivity contribution >= 4 is 39.8 Å². The van der Waals surface area contributed by atoms with E-state index in [0.29, 0.717) is 45.3 Å². The predicted molar refractivity (Wildman–Crippen MR) is 162 cm³/mol. The Kier molecular flexibility index (Phi) is 8.20. The van der Waals surface area contributed by atoms with E-state index >= 15 is 0 Å². The molecule has 3 aliphatic rings. The summed E-state index contributed by atoms with van der Waals surface area (Å²) in [6, 6.07) is 12.8. The molecule has 6 rings (SSSR count). The van der Waals surface area contributed by atoms with E-state index in [-0.39, 0.29) is 12.1 Å². The number of carbonyl (C=O) groups excluding carboxylic acids is 1. The van der Waals surface area contributed by atoms with E-state index in [2.05, 4.69) is 52.6 Å². The van der Waals surface area contributed by atoms with Gasteiger partial charge in [-0.3, -0.25) is 9.69 Å². The first-order valence-electron chi connectivity index (χ1n) is 14.4. The van der Waals surface area contributed by atoms with Gasteiger partial charge in [0.25, 0.3) is 5.91 Å². The minimum absolute atomic E-state index is 0.184. The Morgan fingerprint density at radius 2 is 1.86 bits per heavy atom. The summed E-state index contributed by atoms with van der Waals surface area (Å²) in [6.07, 6.45) is 1.81. The van der Waals surface area contributed by atoms with E-state index in [1.54, 1.807) is 7.11 Å². The van der Waals surface area contributed by atoms with Gasteiger partial charge in [-0.15, -0.1) is 0 Å². The molecule has 0 radical (unpaired) electrons. The van der Waals surface area contributed by atoms with Gasteiger partial charge in [-0.2, -0.15) is 9.97 Å². The van der Waals surface area contributed by atoms with Gasteiger partial charge in [0.2, 0.25) is 0 Å². The molecule has 2 saturated heterocycles. The molecule has 0 unspecified atom stereocenters. The molecule has 0 spiro atoms. The SMILES string of the molecule is C=C(F)C(=O)N1CCN(c2nc(OC[C@H]3C[C@@H](OC)CN3C)nc3c2CCN(c2cccc4cccc(Cl)c24)C3)CC1. The molecule has 0 saturated carbocycles. The summed E-state index contributed by atoms with van der Waals surface area (Å²) >= 11 is 6.67. The molecule has 2 aromatic carbocycles. The zero-order valence-corrected chi connectivity index (χ0v) is 24.8. The lowest BCUT2D eigenvalue weighted by molar-refractivity contribution is -0.128. The first-order chi connectivity index (χ1) is 20.3. The van der Waals surface area contributed by atoms with Gasteiger partial charge < -0.3 is 24.2 Å². The second-order valence-electron chi connectivity index (χ2n) is 11.2. The van der Waals surface area contributed by atoms with Crippen LogP contribution in [0.2, 0.25) is 5.02 Å². The molecule has 42 heavy (non-hydrogen) atoms. The first kappa shape index (κ1) is 28.6. The maximum absolute atomic E-state index is 13.5. The van der Waals surface area contributed by atoms with Gasteiger partial charge >= 0.3 is 6.01 Å². The standard InChI is InChI=1S/C31H36ClFN6O3/c1-20(33)30(40)38-14-12-37(13-15-38)29-24-10-11-39(27-9-5-7-21-6-4-8-25(32)28(21)27)18-26(24)34-31(35-29)42-19-22-16-23(41-3)17-36(22)2/h4-9,22-23H,1,10-19H2,2-3H3/t22-,23-/m1/s1. The molecular weight excluding hydrogens is 559 g/mol. The number of hydrogen-bond donors (Lipinski definition) is 0. The molecule has 0 N–H and O–H groups in total. The van der Waals surface area contributed by atoms with Crippen LogP contribution >= 0.6 is 11.6 Å². The largest absolute Gasteiger partial charge is 0.462 e.